The molecule has 0 spiro atoms. The molecule has 2 rings (SSSR count). The summed E-state index contributed by atoms with van der Waals surface area (Å²) in [7, 11) is 0. The van der Waals surface area contributed by atoms with Crippen molar-refractivity contribution in [3.63, 3.8) is 0 Å². The van der Waals surface area contributed by atoms with Crippen molar-refractivity contribution in [2.45, 2.75) is 45.2 Å². The molecule has 1 aromatic carbocycles. The van der Waals surface area contributed by atoms with Gasteiger partial charge in [0, 0.05) is 24.8 Å². The quantitative estimate of drug-likeness (QED) is 0.761. The zero-order valence-electron chi connectivity index (χ0n) is 14.8. The molecule has 4 N–H and O–H groups in total. The van der Waals surface area contributed by atoms with Gasteiger partial charge in [-0.25, -0.2) is 9.18 Å². The lowest BCUT2D eigenvalue weighted by atomic mass is 9.97. The molecule has 0 aliphatic carbocycles. The average molecular weight is 350 g/mol. The number of carbonyl (C=O) groups excluding carboxylic acids is 2. The second-order valence-corrected chi connectivity index (χ2v) is 6.62. The van der Waals surface area contributed by atoms with Crippen LogP contribution in [-0.2, 0) is 4.79 Å². The minimum absolute atomic E-state index is 0.00400. The molecule has 3 amide bonds. The maximum absolute atomic E-state index is 12.9. The number of benzene rings is 1. The summed E-state index contributed by atoms with van der Waals surface area (Å²) < 4.78 is 12.9. The predicted octanol–water partition coefficient (Wildman–Crippen LogP) is 2.31. The van der Waals surface area contributed by atoms with Gasteiger partial charge in [0.25, 0.3) is 0 Å². The minimum atomic E-state index is -0.462. The summed E-state index contributed by atoms with van der Waals surface area (Å²) in [5, 5.41) is 5.57. The Morgan fingerprint density at radius 1 is 1.28 bits per heavy atom. The van der Waals surface area contributed by atoms with Gasteiger partial charge in [0.2, 0.25) is 5.91 Å². The number of hydrogen-bond acceptors (Lipinski definition) is 3. The van der Waals surface area contributed by atoms with Crippen molar-refractivity contribution >= 4 is 17.6 Å². The number of halogens is 1. The lowest BCUT2D eigenvalue weighted by Gasteiger charge is -2.34. The first-order valence-electron chi connectivity index (χ1n) is 8.78. The molecule has 1 saturated heterocycles. The highest BCUT2D eigenvalue weighted by molar-refractivity contribution is 5.89. The van der Waals surface area contributed by atoms with Crippen molar-refractivity contribution in [3.8, 4) is 0 Å². The molecule has 7 heteroatoms. The Bertz CT molecular complexity index is 585. The maximum Gasteiger partial charge on any atom is 0.319 e. The molecular formula is C18H27FN4O2. The summed E-state index contributed by atoms with van der Waals surface area (Å²) in [6.45, 7) is 5.18. The van der Waals surface area contributed by atoms with E-state index < -0.39 is 6.04 Å². The largest absolute Gasteiger partial charge is 0.341 e. The van der Waals surface area contributed by atoms with E-state index >= 15 is 0 Å². The highest BCUT2D eigenvalue weighted by Gasteiger charge is 2.29. The number of nitrogens with two attached hydrogens (primary N) is 1. The molecule has 2 unspecified atom stereocenters. The van der Waals surface area contributed by atoms with E-state index in [1.54, 1.807) is 4.90 Å². The topological polar surface area (TPSA) is 87.5 Å². The standard InChI is InChI=1S/C18H27FN4O2/c1-3-12(2)16(20)17(24)23-10-8-15(9-11-23)22-18(25)21-14-6-4-13(19)5-7-14/h4-7,12,15-16H,3,8-11,20H2,1-2H3,(H2,21,22,25). The van der Waals surface area contributed by atoms with Crippen LogP contribution in [0.4, 0.5) is 14.9 Å². The SMILES string of the molecule is CCC(C)C(N)C(=O)N1CCC(NC(=O)Nc2ccc(F)cc2)CC1. The fraction of sp³-hybridized carbons (Fsp3) is 0.556. The number of anilines is 1. The summed E-state index contributed by atoms with van der Waals surface area (Å²) in [4.78, 5) is 26.2. The Morgan fingerprint density at radius 3 is 2.44 bits per heavy atom. The van der Waals surface area contributed by atoms with Crippen LogP contribution < -0.4 is 16.4 Å². The van der Waals surface area contributed by atoms with Gasteiger partial charge in [-0.15, -0.1) is 0 Å². The third kappa shape index (κ3) is 5.42. The fourth-order valence-electron chi connectivity index (χ4n) is 2.84. The number of likely N-dealkylation sites (tertiary alicyclic amines) is 1. The fourth-order valence-corrected chi connectivity index (χ4v) is 2.84. The normalized spacial score (nSPS) is 17.7. The zero-order chi connectivity index (χ0) is 18.4. The minimum Gasteiger partial charge on any atom is -0.341 e. The van der Waals surface area contributed by atoms with E-state index in [0.29, 0.717) is 31.6 Å². The number of carbonyl (C=O) groups is 2. The van der Waals surface area contributed by atoms with Crippen LogP contribution in [0.15, 0.2) is 24.3 Å². The molecule has 138 valence electrons. The zero-order valence-corrected chi connectivity index (χ0v) is 14.8. The van der Waals surface area contributed by atoms with Crippen LogP contribution in [0.3, 0.4) is 0 Å². The molecule has 1 aliphatic heterocycles. The number of nitrogens with one attached hydrogen (secondary N) is 2. The van der Waals surface area contributed by atoms with Crippen LogP contribution in [0, 0.1) is 11.7 Å². The van der Waals surface area contributed by atoms with Crippen molar-refractivity contribution in [2.24, 2.45) is 11.7 Å². The van der Waals surface area contributed by atoms with Gasteiger partial charge in [0.05, 0.1) is 6.04 Å². The van der Waals surface area contributed by atoms with Gasteiger partial charge >= 0.3 is 6.03 Å². The molecule has 25 heavy (non-hydrogen) atoms. The Hall–Kier alpha value is -2.15. The third-order valence-electron chi connectivity index (χ3n) is 4.79. The van der Waals surface area contributed by atoms with Gasteiger partial charge in [0.15, 0.2) is 0 Å². The molecule has 1 aromatic rings. The van der Waals surface area contributed by atoms with E-state index in [4.69, 9.17) is 5.73 Å². The van der Waals surface area contributed by atoms with Gasteiger partial charge in [-0.2, -0.15) is 0 Å². The molecule has 6 nitrogen and oxygen atoms in total. The first-order chi connectivity index (χ1) is 11.9. The summed E-state index contributed by atoms with van der Waals surface area (Å²) in [6.07, 6.45) is 2.25. The number of urea groups is 1. The number of amides is 3. The van der Waals surface area contributed by atoms with Crippen molar-refractivity contribution in [2.75, 3.05) is 18.4 Å². The number of hydrogen-bond donors (Lipinski definition) is 3. The highest BCUT2D eigenvalue weighted by atomic mass is 19.1. The van der Waals surface area contributed by atoms with E-state index in [2.05, 4.69) is 10.6 Å². The number of nitrogens with zero attached hydrogens (tertiary/aromatic N) is 1. The molecule has 0 bridgehead atoms. The first kappa shape index (κ1) is 19.2. The molecule has 1 heterocycles. The van der Waals surface area contributed by atoms with E-state index in [-0.39, 0.29) is 29.7 Å². The van der Waals surface area contributed by atoms with Crippen LogP contribution in [0.5, 0.6) is 0 Å². The first-order valence-corrected chi connectivity index (χ1v) is 8.78. The van der Waals surface area contributed by atoms with Crippen LogP contribution in [0.1, 0.15) is 33.1 Å². The second-order valence-electron chi connectivity index (χ2n) is 6.62. The molecule has 2 atom stereocenters. The monoisotopic (exact) mass is 350 g/mol. The summed E-state index contributed by atoms with van der Waals surface area (Å²) in [5.41, 5.74) is 6.55. The van der Waals surface area contributed by atoms with Crippen molar-refractivity contribution in [1.29, 1.82) is 0 Å². The van der Waals surface area contributed by atoms with Crippen LogP contribution in [0.2, 0.25) is 0 Å². The van der Waals surface area contributed by atoms with E-state index in [1.165, 1.54) is 24.3 Å². The molecule has 0 aromatic heterocycles. The average Bonchev–Trinajstić information content (AvgIpc) is 2.62. The smallest absolute Gasteiger partial charge is 0.319 e. The van der Waals surface area contributed by atoms with Gasteiger partial charge < -0.3 is 21.3 Å². The Kier molecular flexibility index (Phi) is 6.75. The van der Waals surface area contributed by atoms with Crippen molar-refractivity contribution in [1.82, 2.24) is 10.2 Å². The summed E-state index contributed by atoms with van der Waals surface area (Å²) >= 11 is 0. The van der Waals surface area contributed by atoms with E-state index in [9.17, 15) is 14.0 Å². The number of rotatable bonds is 5. The van der Waals surface area contributed by atoms with Crippen LogP contribution >= 0.6 is 0 Å². The van der Waals surface area contributed by atoms with Gasteiger partial charge in [0.1, 0.15) is 5.82 Å². The highest BCUT2D eigenvalue weighted by Crippen LogP contribution is 2.15. The molecule has 1 fully saturated rings. The molecule has 1 aliphatic rings. The Morgan fingerprint density at radius 2 is 1.88 bits per heavy atom. The predicted molar refractivity (Wildman–Crippen MR) is 95.6 cm³/mol. The van der Waals surface area contributed by atoms with Crippen LogP contribution in [0.25, 0.3) is 0 Å². The Labute approximate surface area is 147 Å². The Balaban J connectivity index is 1.77. The van der Waals surface area contributed by atoms with Gasteiger partial charge in [-0.1, -0.05) is 20.3 Å². The summed E-state index contributed by atoms with van der Waals surface area (Å²) in [5.74, 6) is -0.202. The van der Waals surface area contributed by atoms with Gasteiger partial charge in [-0.05, 0) is 43.0 Å². The van der Waals surface area contributed by atoms with Crippen LogP contribution in [-0.4, -0.2) is 42.0 Å². The maximum atomic E-state index is 12.9. The van der Waals surface area contributed by atoms with Gasteiger partial charge in [-0.3, -0.25) is 4.79 Å². The lowest BCUT2D eigenvalue weighted by molar-refractivity contribution is -0.134. The van der Waals surface area contributed by atoms with E-state index in [0.717, 1.165) is 6.42 Å². The molecule has 0 radical (unpaired) electrons. The van der Waals surface area contributed by atoms with E-state index in [1.807, 2.05) is 13.8 Å². The summed E-state index contributed by atoms with van der Waals surface area (Å²) in [6, 6.07) is 4.81. The lowest BCUT2D eigenvalue weighted by Crippen LogP contribution is -2.52. The number of piperidine rings is 1. The van der Waals surface area contributed by atoms with Crippen molar-refractivity contribution < 1.29 is 14.0 Å². The second kappa shape index (κ2) is 8.80. The molecular weight excluding hydrogens is 323 g/mol. The molecule has 0 saturated carbocycles. The third-order valence-corrected chi connectivity index (χ3v) is 4.79. The van der Waals surface area contributed by atoms with Crippen molar-refractivity contribution in [3.05, 3.63) is 30.1 Å².